The molecule has 4 rings (SSSR count). The van der Waals surface area contributed by atoms with Crippen LogP contribution in [0.4, 0.5) is 14.9 Å². The molecule has 2 fully saturated rings. The van der Waals surface area contributed by atoms with Crippen LogP contribution in [0.1, 0.15) is 24.1 Å². The van der Waals surface area contributed by atoms with E-state index in [1.54, 1.807) is 0 Å². The van der Waals surface area contributed by atoms with E-state index in [0.29, 0.717) is 12.1 Å². The first-order valence-electron chi connectivity index (χ1n) is 8.50. The second-order valence-corrected chi connectivity index (χ2v) is 7.06. The van der Waals surface area contributed by atoms with Crippen molar-refractivity contribution in [3.8, 4) is 0 Å². The first kappa shape index (κ1) is 15.7. The monoisotopic (exact) mass is 334 g/mol. The third-order valence-corrected chi connectivity index (χ3v) is 5.47. The summed E-state index contributed by atoms with van der Waals surface area (Å²) in [7, 11) is 0. The van der Waals surface area contributed by atoms with Crippen LogP contribution in [-0.2, 0) is 6.54 Å². The molecule has 0 aliphatic carbocycles. The summed E-state index contributed by atoms with van der Waals surface area (Å²) < 4.78 is 14.1. The van der Waals surface area contributed by atoms with E-state index in [-0.39, 0.29) is 13.1 Å². The van der Waals surface area contributed by atoms with Crippen LogP contribution in [0.25, 0.3) is 0 Å². The van der Waals surface area contributed by atoms with Crippen molar-refractivity contribution < 1.29 is 14.3 Å². The van der Waals surface area contributed by atoms with Gasteiger partial charge in [0.1, 0.15) is 6.17 Å². The second-order valence-electron chi connectivity index (χ2n) is 7.06. The molecule has 0 saturated carbocycles. The van der Waals surface area contributed by atoms with Crippen molar-refractivity contribution in [2.45, 2.75) is 37.8 Å². The number of nitrogens with one attached hydrogen (secondary N) is 2. The lowest BCUT2D eigenvalue weighted by Crippen LogP contribution is -2.48. The number of amides is 1. The predicted octanol–water partition coefficient (Wildman–Crippen LogP) is 1.65. The van der Waals surface area contributed by atoms with Gasteiger partial charge in [0.05, 0.1) is 12.6 Å². The van der Waals surface area contributed by atoms with Crippen molar-refractivity contribution in [2.24, 2.45) is 0 Å². The van der Waals surface area contributed by atoms with Crippen molar-refractivity contribution in [3.05, 3.63) is 29.3 Å². The summed E-state index contributed by atoms with van der Waals surface area (Å²) in [5.41, 5.74) is 3.49. The molecule has 1 amide bonds. The first-order valence-corrected chi connectivity index (χ1v) is 8.50. The Bertz CT molecular complexity index is 655. The number of benzene rings is 1. The number of alkyl halides is 1. The fourth-order valence-electron chi connectivity index (χ4n) is 4.15. The average Bonchev–Trinajstić information content (AvgIpc) is 3.09. The van der Waals surface area contributed by atoms with Gasteiger partial charge < -0.3 is 20.6 Å². The van der Waals surface area contributed by atoms with Gasteiger partial charge in [-0.3, -0.25) is 4.90 Å². The standard InChI is InChI=1S/C17H23FN4O2/c1-10-5-19-6-16-13-3-2-12(4-11(13)7-22(10)16)20-15-9-21(17(23)24)8-14(15)18/h2-4,10,14-16,19-20H,5-9H2,1H3,(H,23,24)/t10?,14-,15-,16?/m1/s1. The highest BCUT2D eigenvalue weighted by Crippen LogP contribution is 2.37. The first-order chi connectivity index (χ1) is 11.5. The highest BCUT2D eigenvalue weighted by Gasteiger charge is 2.37. The zero-order valence-corrected chi connectivity index (χ0v) is 13.7. The fraction of sp³-hybridized carbons (Fsp3) is 0.588. The van der Waals surface area contributed by atoms with Crippen LogP contribution in [0.5, 0.6) is 0 Å². The molecule has 0 bridgehead atoms. The van der Waals surface area contributed by atoms with Crippen LogP contribution < -0.4 is 10.6 Å². The molecule has 1 aromatic rings. The minimum absolute atomic E-state index is 0.0586. The number of nitrogens with zero attached hydrogens (tertiary/aromatic N) is 2. The number of fused-ring (bicyclic) bond motifs is 3. The van der Waals surface area contributed by atoms with Gasteiger partial charge in [-0.15, -0.1) is 0 Å². The third-order valence-electron chi connectivity index (χ3n) is 5.47. The Balaban J connectivity index is 1.49. The SMILES string of the molecule is CC1CNCC2c3ccc(N[C@@H]4CN(C(=O)O)C[C@H]4F)cc3CN12. The molecule has 3 heterocycles. The average molecular weight is 334 g/mol. The summed E-state index contributed by atoms with van der Waals surface area (Å²) in [6.07, 6.45) is -2.24. The molecular formula is C17H23FN4O2. The van der Waals surface area contributed by atoms with Gasteiger partial charge in [0.25, 0.3) is 0 Å². The summed E-state index contributed by atoms with van der Waals surface area (Å²) in [5, 5.41) is 15.7. The number of carbonyl (C=O) groups is 1. The Morgan fingerprint density at radius 1 is 1.38 bits per heavy atom. The number of likely N-dealkylation sites (tertiary alicyclic amines) is 1. The van der Waals surface area contributed by atoms with E-state index >= 15 is 0 Å². The highest BCUT2D eigenvalue weighted by molar-refractivity contribution is 5.66. The van der Waals surface area contributed by atoms with Gasteiger partial charge in [-0.2, -0.15) is 0 Å². The van der Waals surface area contributed by atoms with Gasteiger partial charge in [0.15, 0.2) is 0 Å². The molecule has 6 nitrogen and oxygen atoms in total. The number of hydrogen-bond donors (Lipinski definition) is 3. The predicted molar refractivity (Wildman–Crippen MR) is 89.0 cm³/mol. The molecule has 130 valence electrons. The molecule has 2 unspecified atom stereocenters. The van der Waals surface area contributed by atoms with E-state index in [0.717, 1.165) is 30.2 Å². The van der Waals surface area contributed by atoms with Gasteiger partial charge in [-0.1, -0.05) is 6.07 Å². The molecule has 7 heteroatoms. The molecule has 0 radical (unpaired) electrons. The summed E-state index contributed by atoms with van der Waals surface area (Å²) in [5.74, 6) is 0. The highest BCUT2D eigenvalue weighted by atomic mass is 19.1. The maximum Gasteiger partial charge on any atom is 0.407 e. The normalized spacial score (nSPS) is 32.5. The Morgan fingerprint density at radius 2 is 2.21 bits per heavy atom. The smallest absolute Gasteiger partial charge is 0.407 e. The zero-order valence-electron chi connectivity index (χ0n) is 13.7. The summed E-state index contributed by atoms with van der Waals surface area (Å²) >= 11 is 0. The van der Waals surface area contributed by atoms with Crippen molar-refractivity contribution in [1.29, 1.82) is 0 Å². The lowest BCUT2D eigenvalue weighted by Gasteiger charge is -2.36. The maximum atomic E-state index is 14.1. The number of carboxylic acid groups (broad SMARTS) is 1. The van der Waals surface area contributed by atoms with Crippen molar-refractivity contribution in [2.75, 3.05) is 31.5 Å². The van der Waals surface area contributed by atoms with E-state index in [4.69, 9.17) is 5.11 Å². The molecule has 0 spiro atoms. The molecule has 3 aliphatic rings. The topological polar surface area (TPSA) is 67.8 Å². The lowest BCUT2D eigenvalue weighted by atomic mass is 10.0. The molecule has 4 atom stereocenters. The van der Waals surface area contributed by atoms with Crippen LogP contribution in [0.3, 0.4) is 0 Å². The second kappa shape index (κ2) is 5.89. The summed E-state index contributed by atoms with van der Waals surface area (Å²) in [6.45, 7) is 5.25. The van der Waals surface area contributed by atoms with Gasteiger partial charge in [-0.05, 0) is 30.2 Å². The number of piperazine rings is 1. The summed E-state index contributed by atoms with van der Waals surface area (Å²) in [6, 6.07) is 6.64. The lowest BCUT2D eigenvalue weighted by molar-refractivity contribution is 0.119. The van der Waals surface area contributed by atoms with Crippen molar-refractivity contribution in [3.63, 3.8) is 0 Å². The van der Waals surface area contributed by atoms with E-state index in [1.807, 2.05) is 6.07 Å². The third kappa shape index (κ3) is 2.61. The van der Waals surface area contributed by atoms with E-state index in [9.17, 15) is 9.18 Å². The van der Waals surface area contributed by atoms with Crippen LogP contribution in [0, 0.1) is 0 Å². The van der Waals surface area contributed by atoms with Gasteiger partial charge in [0, 0.05) is 44.0 Å². The minimum Gasteiger partial charge on any atom is -0.465 e. The largest absolute Gasteiger partial charge is 0.465 e. The number of anilines is 1. The van der Waals surface area contributed by atoms with Crippen LogP contribution in [-0.4, -0.2) is 65.4 Å². The van der Waals surface area contributed by atoms with Gasteiger partial charge >= 0.3 is 6.09 Å². The number of hydrogen-bond acceptors (Lipinski definition) is 4. The molecule has 1 aromatic carbocycles. The molecule has 2 saturated heterocycles. The van der Waals surface area contributed by atoms with E-state index < -0.39 is 18.3 Å². The van der Waals surface area contributed by atoms with Crippen LogP contribution in [0.15, 0.2) is 18.2 Å². The molecule has 3 aliphatic heterocycles. The van der Waals surface area contributed by atoms with E-state index in [1.165, 1.54) is 11.1 Å². The Hall–Kier alpha value is -1.86. The molecular weight excluding hydrogens is 311 g/mol. The zero-order chi connectivity index (χ0) is 16.8. The fourth-order valence-corrected chi connectivity index (χ4v) is 4.15. The van der Waals surface area contributed by atoms with Gasteiger partial charge in [0.2, 0.25) is 0 Å². The Kier molecular flexibility index (Phi) is 3.85. The number of rotatable bonds is 2. The summed E-state index contributed by atoms with van der Waals surface area (Å²) in [4.78, 5) is 14.6. The van der Waals surface area contributed by atoms with Crippen LogP contribution in [0.2, 0.25) is 0 Å². The van der Waals surface area contributed by atoms with Crippen LogP contribution >= 0.6 is 0 Å². The quantitative estimate of drug-likeness (QED) is 0.767. The number of halogens is 1. The molecule has 3 N–H and O–H groups in total. The van der Waals surface area contributed by atoms with Gasteiger partial charge in [-0.25, -0.2) is 9.18 Å². The molecule has 0 aromatic heterocycles. The Labute approximate surface area is 140 Å². The van der Waals surface area contributed by atoms with Crippen molar-refractivity contribution >= 4 is 11.8 Å². The van der Waals surface area contributed by atoms with Crippen molar-refractivity contribution in [1.82, 2.24) is 15.1 Å². The van der Waals surface area contributed by atoms with E-state index in [2.05, 4.69) is 34.6 Å². The minimum atomic E-state index is -1.18. The maximum absolute atomic E-state index is 14.1. The molecule has 24 heavy (non-hydrogen) atoms. The Morgan fingerprint density at radius 3 is 2.96 bits per heavy atom.